The monoisotopic (exact) mass is 397 g/mol. The Balaban J connectivity index is 1.72. The van der Waals surface area contributed by atoms with E-state index >= 15 is 0 Å². The highest BCUT2D eigenvalue weighted by Crippen LogP contribution is 2.22. The number of nitrogens with zero attached hydrogens (tertiary/aromatic N) is 1. The molecule has 0 saturated carbocycles. The molecule has 1 fully saturated rings. The lowest BCUT2D eigenvalue weighted by Gasteiger charge is -2.27. The van der Waals surface area contributed by atoms with Gasteiger partial charge in [0.2, 0.25) is 0 Å². The second kappa shape index (κ2) is 7.72. The van der Waals surface area contributed by atoms with Gasteiger partial charge < -0.3 is 14.1 Å². The van der Waals surface area contributed by atoms with E-state index in [9.17, 15) is 13.2 Å². The van der Waals surface area contributed by atoms with E-state index in [-0.39, 0.29) is 36.6 Å². The van der Waals surface area contributed by atoms with Crippen LogP contribution in [0, 0.1) is 6.92 Å². The molecular weight excluding hydrogens is 378 g/mol. The van der Waals surface area contributed by atoms with Crippen molar-refractivity contribution in [2.24, 2.45) is 0 Å². The van der Waals surface area contributed by atoms with Crippen LogP contribution < -0.4 is 4.74 Å². The smallest absolute Gasteiger partial charge is 0.261 e. The van der Waals surface area contributed by atoms with Crippen molar-refractivity contribution in [2.75, 3.05) is 18.1 Å². The van der Waals surface area contributed by atoms with Crippen LogP contribution >= 0.6 is 11.6 Å². The average Bonchev–Trinajstić information content (AvgIpc) is 3.15. The number of aryl methyl sites for hydroxylation is 1. The van der Waals surface area contributed by atoms with Crippen LogP contribution in [-0.2, 0) is 21.2 Å². The zero-order valence-electron chi connectivity index (χ0n) is 14.4. The third-order valence-electron chi connectivity index (χ3n) is 4.25. The molecule has 1 aliphatic rings. The highest BCUT2D eigenvalue weighted by molar-refractivity contribution is 7.91. The zero-order chi connectivity index (χ0) is 18.7. The topological polar surface area (TPSA) is 76.8 Å². The summed E-state index contributed by atoms with van der Waals surface area (Å²) in [6.07, 6.45) is 0.422. The van der Waals surface area contributed by atoms with Crippen LogP contribution in [-0.4, -0.2) is 43.4 Å². The summed E-state index contributed by atoms with van der Waals surface area (Å²) in [6.45, 7) is 1.83. The van der Waals surface area contributed by atoms with Crippen LogP contribution in [0.2, 0.25) is 5.02 Å². The summed E-state index contributed by atoms with van der Waals surface area (Å²) in [4.78, 5) is 14.3. The van der Waals surface area contributed by atoms with E-state index in [1.807, 2.05) is 13.0 Å². The van der Waals surface area contributed by atoms with Crippen molar-refractivity contribution in [2.45, 2.75) is 25.9 Å². The van der Waals surface area contributed by atoms with Crippen molar-refractivity contribution in [3.63, 3.8) is 0 Å². The normalized spacial score (nSPS) is 18.6. The molecule has 0 bridgehead atoms. The first kappa shape index (κ1) is 18.8. The van der Waals surface area contributed by atoms with Crippen molar-refractivity contribution in [1.82, 2.24) is 4.90 Å². The third kappa shape index (κ3) is 4.80. The fraction of sp³-hybridized carbons (Fsp3) is 0.389. The SMILES string of the molecule is Cc1ccc(CN(C(=O)COc2cccc(Cl)c2)C2CCS(=O)(=O)C2)o1. The second-order valence-corrected chi connectivity index (χ2v) is 9.00. The van der Waals surface area contributed by atoms with Crippen molar-refractivity contribution in [1.29, 1.82) is 0 Å². The van der Waals surface area contributed by atoms with Crippen LogP contribution in [0.25, 0.3) is 0 Å². The van der Waals surface area contributed by atoms with Gasteiger partial charge in [0.1, 0.15) is 17.3 Å². The van der Waals surface area contributed by atoms with Gasteiger partial charge in [-0.1, -0.05) is 17.7 Å². The largest absolute Gasteiger partial charge is 0.484 e. The van der Waals surface area contributed by atoms with E-state index in [1.54, 1.807) is 30.3 Å². The molecule has 0 aliphatic carbocycles. The van der Waals surface area contributed by atoms with Crippen molar-refractivity contribution >= 4 is 27.3 Å². The maximum atomic E-state index is 12.7. The molecule has 0 spiro atoms. The predicted molar refractivity (Wildman–Crippen MR) is 98.0 cm³/mol. The number of rotatable bonds is 6. The van der Waals surface area contributed by atoms with Gasteiger partial charge in [0.25, 0.3) is 5.91 Å². The average molecular weight is 398 g/mol. The van der Waals surface area contributed by atoms with Crippen LogP contribution in [0.15, 0.2) is 40.8 Å². The highest BCUT2D eigenvalue weighted by Gasteiger charge is 2.35. The number of ether oxygens (including phenoxy) is 1. The lowest BCUT2D eigenvalue weighted by atomic mass is 10.2. The summed E-state index contributed by atoms with van der Waals surface area (Å²) in [5.41, 5.74) is 0. The van der Waals surface area contributed by atoms with Crippen molar-refractivity contribution in [3.8, 4) is 5.75 Å². The Morgan fingerprint density at radius 1 is 1.35 bits per heavy atom. The summed E-state index contributed by atoms with van der Waals surface area (Å²) >= 11 is 5.91. The molecule has 8 heteroatoms. The number of carbonyl (C=O) groups is 1. The number of benzene rings is 1. The molecule has 140 valence electrons. The Morgan fingerprint density at radius 2 is 2.15 bits per heavy atom. The number of sulfone groups is 1. The van der Waals surface area contributed by atoms with E-state index in [2.05, 4.69) is 0 Å². The van der Waals surface area contributed by atoms with Gasteiger partial charge in [0, 0.05) is 11.1 Å². The minimum atomic E-state index is -3.12. The van der Waals surface area contributed by atoms with Crippen LogP contribution in [0.1, 0.15) is 17.9 Å². The van der Waals surface area contributed by atoms with Gasteiger partial charge in [-0.05, 0) is 43.7 Å². The van der Waals surface area contributed by atoms with Gasteiger partial charge in [-0.15, -0.1) is 0 Å². The van der Waals surface area contributed by atoms with Crippen LogP contribution in [0.5, 0.6) is 5.75 Å². The van der Waals surface area contributed by atoms with Gasteiger partial charge in [-0.25, -0.2) is 8.42 Å². The molecule has 1 aliphatic heterocycles. The van der Waals surface area contributed by atoms with Crippen molar-refractivity contribution < 1.29 is 22.4 Å². The number of hydrogen-bond acceptors (Lipinski definition) is 5. The maximum absolute atomic E-state index is 12.7. The summed E-state index contributed by atoms with van der Waals surface area (Å²) in [7, 11) is -3.12. The zero-order valence-corrected chi connectivity index (χ0v) is 15.9. The van der Waals surface area contributed by atoms with Gasteiger partial charge in [0.15, 0.2) is 16.4 Å². The van der Waals surface area contributed by atoms with Gasteiger partial charge in [0.05, 0.1) is 18.1 Å². The molecule has 1 atom stereocenters. The van der Waals surface area contributed by atoms with Crippen LogP contribution in [0.3, 0.4) is 0 Å². The van der Waals surface area contributed by atoms with Gasteiger partial charge in [-0.2, -0.15) is 0 Å². The summed E-state index contributed by atoms with van der Waals surface area (Å²) in [6, 6.07) is 10.00. The molecule has 0 radical (unpaired) electrons. The molecule has 3 rings (SSSR count). The number of amides is 1. The standard InChI is InChI=1S/C18H20ClNO5S/c1-13-5-6-17(25-13)10-20(15-7-8-26(22,23)12-15)18(21)11-24-16-4-2-3-14(19)9-16/h2-6,9,15H,7-8,10-12H2,1H3. The minimum Gasteiger partial charge on any atom is -0.484 e. The number of hydrogen-bond donors (Lipinski definition) is 0. The molecule has 0 N–H and O–H groups in total. The highest BCUT2D eigenvalue weighted by atomic mass is 35.5. The van der Waals surface area contributed by atoms with E-state index in [0.29, 0.717) is 23.0 Å². The molecule has 6 nitrogen and oxygen atoms in total. The van der Waals surface area contributed by atoms with Crippen molar-refractivity contribution in [3.05, 3.63) is 52.9 Å². The second-order valence-electron chi connectivity index (χ2n) is 6.34. The molecule has 1 amide bonds. The summed E-state index contributed by atoms with van der Waals surface area (Å²) < 4.78 is 34.7. The van der Waals surface area contributed by atoms with Crippen LogP contribution in [0.4, 0.5) is 0 Å². The Labute approximate surface area is 157 Å². The molecule has 2 heterocycles. The maximum Gasteiger partial charge on any atom is 0.261 e. The molecule has 2 aromatic rings. The summed E-state index contributed by atoms with van der Waals surface area (Å²) in [5.74, 6) is 1.60. The third-order valence-corrected chi connectivity index (χ3v) is 6.24. The molecule has 1 aromatic heterocycles. The van der Waals surface area contributed by atoms with E-state index < -0.39 is 9.84 Å². The summed E-state index contributed by atoms with van der Waals surface area (Å²) in [5, 5.41) is 0.514. The fourth-order valence-corrected chi connectivity index (χ4v) is 4.88. The Hall–Kier alpha value is -1.99. The number of furan rings is 1. The molecule has 1 saturated heterocycles. The van der Waals surface area contributed by atoms with Gasteiger partial charge >= 0.3 is 0 Å². The first-order valence-electron chi connectivity index (χ1n) is 8.26. The van der Waals surface area contributed by atoms with E-state index in [1.165, 1.54) is 4.90 Å². The molecular formula is C18H20ClNO5S. The lowest BCUT2D eigenvalue weighted by Crippen LogP contribution is -2.43. The predicted octanol–water partition coefficient (Wildman–Crippen LogP) is 2.84. The molecule has 1 aromatic carbocycles. The van der Waals surface area contributed by atoms with E-state index in [0.717, 1.165) is 5.76 Å². The lowest BCUT2D eigenvalue weighted by molar-refractivity contribution is -0.136. The number of carbonyl (C=O) groups excluding carboxylic acids is 1. The number of halogens is 1. The molecule has 26 heavy (non-hydrogen) atoms. The Bertz CT molecular complexity index is 892. The molecule has 1 unspecified atom stereocenters. The quantitative estimate of drug-likeness (QED) is 0.749. The Morgan fingerprint density at radius 3 is 2.77 bits per heavy atom. The first-order valence-corrected chi connectivity index (χ1v) is 10.5. The fourth-order valence-electron chi connectivity index (χ4n) is 2.96. The van der Waals surface area contributed by atoms with Gasteiger partial charge in [-0.3, -0.25) is 4.79 Å². The first-order chi connectivity index (χ1) is 12.3. The van der Waals surface area contributed by atoms with E-state index in [4.69, 9.17) is 20.8 Å². The Kier molecular flexibility index (Phi) is 5.58. The minimum absolute atomic E-state index is 0.0321.